The zero-order valence-electron chi connectivity index (χ0n) is 25.2. The normalized spacial score (nSPS) is 14.5. The molecule has 0 aliphatic heterocycles. The van der Waals surface area contributed by atoms with Gasteiger partial charge < -0.3 is 20.3 Å². The van der Waals surface area contributed by atoms with Gasteiger partial charge in [0.25, 0.3) is 5.91 Å². The van der Waals surface area contributed by atoms with E-state index in [0.717, 1.165) is 40.7 Å². The van der Waals surface area contributed by atoms with Crippen LogP contribution in [0.4, 0.5) is 10.5 Å². The number of carbonyl (C=O) groups excluding carboxylic acids is 3. The van der Waals surface area contributed by atoms with E-state index in [1.807, 2.05) is 81.4 Å². The number of amides is 3. The van der Waals surface area contributed by atoms with Crippen molar-refractivity contribution in [3.63, 3.8) is 0 Å². The lowest BCUT2D eigenvalue weighted by Crippen LogP contribution is -2.54. The van der Waals surface area contributed by atoms with Crippen molar-refractivity contribution in [2.24, 2.45) is 0 Å². The monoisotopic (exact) mass is 589 g/mol. The van der Waals surface area contributed by atoms with Crippen LogP contribution >= 0.6 is 11.6 Å². The molecule has 3 aromatic rings. The van der Waals surface area contributed by atoms with Crippen molar-refractivity contribution in [3.05, 3.63) is 99.6 Å². The number of rotatable bonds is 9. The van der Waals surface area contributed by atoms with E-state index in [2.05, 4.69) is 10.6 Å². The molecule has 3 aromatic carbocycles. The summed E-state index contributed by atoms with van der Waals surface area (Å²) in [6.45, 7) is 11.1. The van der Waals surface area contributed by atoms with E-state index in [1.165, 1.54) is 0 Å². The third-order valence-electron chi connectivity index (χ3n) is 7.18. The summed E-state index contributed by atoms with van der Waals surface area (Å²) in [5.74, 6) is -0.711. The van der Waals surface area contributed by atoms with Crippen molar-refractivity contribution in [1.29, 1.82) is 0 Å². The molecule has 42 heavy (non-hydrogen) atoms. The Hall–Kier alpha value is -3.84. The molecule has 3 amide bonds. The van der Waals surface area contributed by atoms with Gasteiger partial charge in [-0.3, -0.25) is 9.59 Å². The summed E-state index contributed by atoms with van der Waals surface area (Å²) in [6, 6.07) is 18.7. The number of ether oxygens (including phenoxy) is 1. The molecule has 0 radical (unpaired) electrons. The Morgan fingerprint density at radius 3 is 2.24 bits per heavy atom. The summed E-state index contributed by atoms with van der Waals surface area (Å²) in [7, 11) is 0. The highest BCUT2D eigenvalue weighted by Gasteiger charge is 2.44. The summed E-state index contributed by atoms with van der Waals surface area (Å²) in [5, 5.41) is 6.25. The Kier molecular flexibility index (Phi) is 9.62. The van der Waals surface area contributed by atoms with E-state index in [-0.39, 0.29) is 24.3 Å². The SMILES string of the molecule is Cc1ccc(C(C(=O)Nc2c(C)cccc2Cl)N(C(=O)C(Cc2ccccc2)NC(=O)OC(C)(C)C)C2CC2)c(C)c1. The molecular weight excluding hydrogens is 550 g/mol. The topological polar surface area (TPSA) is 87.7 Å². The number of para-hydroxylation sites is 1. The van der Waals surface area contributed by atoms with E-state index >= 15 is 0 Å². The number of nitrogens with one attached hydrogen (secondary N) is 2. The average Bonchev–Trinajstić information content (AvgIpc) is 3.74. The van der Waals surface area contributed by atoms with E-state index in [0.29, 0.717) is 10.7 Å². The number of hydrogen-bond acceptors (Lipinski definition) is 4. The molecule has 0 bridgehead atoms. The van der Waals surface area contributed by atoms with Crippen LogP contribution in [0.1, 0.15) is 67.5 Å². The first-order valence-corrected chi connectivity index (χ1v) is 14.7. The van der Waals surface area contributed by atoms with Gasteiger partial charge in [-0.25, -0.2) is 4.79 Å². The highest BCUT2D eigenvalue weighted by atomic mass is 35.5. The number of alkyl carbamates (subject to hydrolysis) is 1. The Balaban J connectivity index is 1.77. The van der Waals surface area contributed by atoms with Gasteiger partial charge in [-0.1, -0.05) is 77.8 Å². The number of hydrogen-bond donors (Lipinski definition) is 2. The van der Waals surface area contributed by atoms with E-state index < -0.39 is 23.8 Å². The Morgan fingerprint density at radius 1 is 0.952 bits per heavy atom. The van der Waals surface area contributed by atoms with Crippen LogP contribution in [0.25, 0.3) is 0 Å². The Morgan fingerprint density at radius 2 is 1.64 bits per heavy atom. The van der Waals surface area contributed by atoms with E-state index in [4.69, 9.17) is 16.3 Å². The van der Waals surface area contributed by atoms with Crippen molar-refractivity contribution in [1.82, 2.24) is 10.2 Å². The maximum absolute atomic E-state index is 14.6. The number of benzene rings is 3. The third-order valence-corrected chi connectivity index (χ3v) is 7.50. The van der Waals surface area contributed by atoms with Gasteiger partial charge in [-0.15, -0.1) is 0 Å². The summed E-state index contributed by atoms with van der Waals surface area (Å²) >= 11 is 6.49. The summed E-state index contributed by atoms with van der Waals surface area (Å²) < 4.78 is 5.53. The predicted octanol–water partition coefficient (Wildman–Crippen LogP) is 7.07. The lowest BCUT2D eigenvalue weighted by atomic mass is 9.95. The molecule has 1 aliphatic carbocycles. The lowest BCUT2D eigenvalue weighted by molar-refractivity contribution is -0.141. The molecule has 0 aromatic heterocycles. The van der Waals surface area contributed by atoms with Crippen molar-refractivity contribution in [3.8, 4) is 0 Å². The molecule has 1 saturated carbocycles. The minimum absolute atomic E-state index is 0.153. The summed E-state index contributed by atoms with van der Waals surface area (Å²) in [6.07, 6.45) is 1.07. The molecule has 0 saturated heterocycles. The summed E-state index contributed by atoms with van der Waals surface area (Å²) in [5.41, 5.74) is 4.12. The third kappa shape index (κ3) is 7.91. The van der Waals surface area contributed by atoms with Crippen molar-refractivity contribution < 1.29 is 19.1 Å². The predicted molar refractivity (Wildman–Crippen MR) is 167 cm³/mol. The van der Waals surface area contributed by atoms with Gasteiger partial charge in [-0.2, -0.15) is 0 Å². The maximum atomic E-state index is 14.6. The molecular formula is C34H40ClN3O4. The average molecular weight is 590 g/mol. The second-order valence-electron chi connectivity index (χ2n) is 12.0. The molecule has 0 spiro atoms. The standard InChI is InChI=1S/C34H40ClN3O4/c1-21-15-18-26(23(3)19-21)30(31(39)37-29-22(2)11-10-14-27(29)35)38(25-16-17-25)32(40)28(20-24-12-8-7-9-13-24)36-33(41)42-34(4,5)6/h7-15,18-19,25,28,30H,16-17,20H2,1-6H3,(H,36,41)(H,37,39). The number of aryl methyl sites for hydroxylation is 3. The van der Waals surface area contributed by atoms with Crippen LogP contribution in [-0.4, -0.2) is 40.5 Å². The van der Waals surface area contributed by atoms with Crippen LogP contribution in [0.3, 0.4) is 0 Å². The van der Waals surface area contributed by atoms with Crippen LogP contribution in [0, 0.1) is 20.8 Å². The van der Waals surface area contributed by atoms with Crippen LogP contribution in [0.2, 0.25) is 5.02 Å². The smallest absolute Gasteiger partial charge is 0.408 e. The van der Waals surface area contributed by atoms with Gasteiger partial charge in [0.15, 0.2) is 0 Å². The summed E-state index contributed by atoms with van der Waals surface area (Å²) in [4.78, 5) is 43.4. The highest BCUT2D eigenvalue weighted by molar-refractivity contribution is 6.34. The van der Waals surface area contributed by atoms with Gasteiger partial charge in [0.1, 0.15) is 17.7 Å². The molecule has 7 nitrogen and oxygen atoms in total. The first-order valence-electron chi connectivity index (χ1n) is 14.3. The first kappa shape index (κ1) is 31.1. The molecule has 0 heterocycles. The lowest BCUT2D eigenvalue weighted by Gasteiger charge is -2.35. The van der Waals surface area contributed by atoms with Gasteiger partial charge in [0.05, 0.1) is 10.7 Å². The minimum Gasteiger partial charge on any atom is -0.444 e. The second-order valence-corrected chi connectivity index (χ2v) is 12.5. The van der Waals surface area contributed by atoms with Crippen LogP contribution in [0.15, 0.2) is 66.7 Å². The molecule has 1 aliphatic rings. The number of nitrogens with zero attached hydrogens (tertiary/aromatic N) is 1. The molecule has 2 atom stereocenters. The zero-order chi connectivity index (χ0) is 30.6. The minimum atomic E-state index is -0.953. The van der Waals surface area contributed by atoms with Gasteiger partial charge in [-0.05, 0) is 82.7 Å². The first-order chi connectivity index (χ1) is 19.8. The second kappa shape index (κ2) is 13.0. The number of halogens is 1. The largest absolute Gasteiger partial charge is 0.444 e. The van der Waals surface area contributed by atoms with Gasteiger partial charge in [0, 0.05) is 12.5 Å². The fraction of sp³-hybridized carbons (Fsp3) is 0.382. The number of anilines is 1. The zero-order valence-corrected chi connectivity index (χ0v) is 25.9. The fourth-order valence-electron chi connectivity index (χ4n) is 5.08. The van der Waals surface area contributed by atoms with E-state index in [9.17, 15) is 14.4 Å². The molecule has 2 unspecified atom stereocenters. The van der Waals surface area contributed by atoms with Crippen molar-refractivity contribution >= 4 is 35.2 Å². The van der Waals surface area contributed by atoms with Crippen molar-refractivity contribution in [2.45, 2.75) is 84.5 Å². The number of carbonyl (C=O) groups is 3. The quantitative estimate of drug-likeness (QED) is 0.279. The Bertz CT molecular complexity index is 1430. The maximum Gasteiger partial charge on any atom is 0.408 e. The van der Waals surface area contributed by atoms with Crippen molar-refractivity contribution in [2.75, 3.05) is 5.32 Å². The van der Waals surface area contributed by atoms with Crippen LogP contribution < -0.4 is 10.6 Å². The van der Waals surface area contributed by atoms with Crippen LogP contribution in [-0.2, 0) is 20.7 Å². The highest BCUT2D eigenvalue weighted by Crippen LogP contribution is 2.38. The molecule has 222 valence electrons. The molecule has 2 N–H and O–H groups in total. The Labute approximate surface area is 253 Å². The van der Waals surface area contributed by atoms with Gasteiger partial charge in [0.2, 0.25) is 5.91 Å². The molecule has 8 heteroatoms. The van der Waals surface area contributed by atoms with Gasteiger partial charge >= 0.3 is 6.09 Å². The molecule has 4 rings (SSSR count). The fourth-order valence-corrected chi connectivity index (χ4v) is 5.35. The van der Waals surface area contributed by atoms with Crippen LogP contribution in [0.5, 0.6) is 0 Å². The molecule has 1 fully saturated rings. The van der Waals surface area contributed by atoms with E-state index in [1.54, 1.807) is 31.7 Å².